The van der Waals surface area contributed by atoms with Gasteiger partial charge in [-0.15, -0.1) is 0 Å². The number of carbonyl (C=O) groups excluding carboxylic acids is 1. The lowest BCUT2D eigenvalue weighted by Crippen LogP contribution is -2.32. The molecule has 0 aliphatic carbocycles. The number of nitrogens with zero attached hydrogens (tertiary/aromatic N) is 6. The molecule has 5 aromatic rings. The maximum absolute atomic E-state index is 13.5. The van der Waals surface area contributed by atoms with E-state index in [1.807, 2.05) is 50.6 Å². The highest BCUT2D eigenvalue weighted by molar-refractivity contribution is 6.10. The van der Waals surface area contributed by atoms with E-state index in [1.165, 1.54) is 0 Å². The van der Waals surface area contributed by atoms with Crippen molar-refractivity contribution < 1.29 is 9.53 Å². The quantitative estimate of drug-likeness (QED) is 0.392. The average Bonchev–Trinajstić information content (AvgIpc) is 3.60. The van der Waals surface area contributed by atoms with Crippen LogP contribution in [0.1, 0.15) is 33.1 Å². The maximum atomic E-state index is 13.5. The van der Waals surface area contributed by atoms with Gasteiger partial charge in [0.25, 0.3) is 5.91 Å². The lowest BCUT2D eigenvalue weighted by molar-refractivity contribution is 0.0708. The largest absolute Gasteiger partial charge is 0.491 e. The van der Waals surface area contributed by atoms with Crippen LogP contribution in [0.2, 0.25) is 0 Å². The number of carbonyl (C=O) groups is 1. The fourth-order valence-electron chi connectivity index (χ4n) is 4.66. The van der Waals surface area contributed by atoms with Crippen LogP contribution in [-0.2, 0) is 14.1 Å². The van der Waals surface area contributed by atoms with Crippen molar-refractivity contribution >= 4 is 33.5 Å². The summed E-state index contributed by atoms with van der Waals surface area (Å²) in [5, 5.41) is 10.0. The van der Waals surface area contributed by atoms with Crippen LogP contribution >= 0.6 is 0 Å². The number of pyridine rings is 1. The van der Waals surface area contributed by atoms with Crippen LogP contribution in [0.15, 0.2) is 55.0 Å². The number of fused-ring (bicyclic) bond motifs is 4. The van der Waals surface area contributed by atoms with Gasteiger partial charge in [-0.2, -0.15) is 10.2 Å². The molecule has 1 unspecified atom stereocenters. The Bertz CT molecular complexity index is 1740. The molecule has 4 heterocycles. The van der Waals surface area contributed by atoms with Gasteiger partial charge in [-0.25, -0.2) is 4.98 Å². The fraction of sp³-hybridized carbons (Fsp3) is 0.185. The van der Waals surface area contributed by atoms with Crippen LogP contribution < -0.4 is 10.5 Å². The topological polar surface area (TPSA) is 104 Å². The predicted octanol–water partition coefficient (Wildman–Crippen LogP) is 3.04. The number of benzene rings is 2. The van der Waals surface area contributed by atoms with Gasteiger partial charge in [-0.05, 0) is 30.3 Å². The smallest absolute Gasteiger partial charge is 0.254 e. The van der Waals surface area contributed by atoms with Crippen molar-refractivity contribution in [2.45, 2.75) is 6.04 Å². The van der Waals surface area contributed by atoms with Crippen molar-refractivity contribution in [3.05, 3.63) is 77.2 Å². The van der Waals surface area contributed by atoms with Crippen LogP contribution in [0.5, 0.6) is 5.75 Å². The van der Waals surface area contributed by atoms with Crippen molar-refractivity contribution in [3.8, 4) is 17.6 Å². The Kier molecular flexibility index (Phi) is 4.90. The molecule has 0 bridgehead atoms. The minimum atomic E-state index is -0.204. The molecule has 1 atom stereocenters. The number of nitrogens with two attached hydrogens (primary N) is 1. The first-order valence-electron chi connectivity index (χ1n) is 11.4. The Balaban J connectivity index is 1.29. The van der Waals surface area contributed by atoms with E-state index < -0.39 is 0 Å². The zero-order chi connectivity index (χ0) is 25.0. The molecule has 0 saturated carbocycles. The van der Waals surface area contributed by atoms with Gasteiger partial charge in [0.05, 0.1) is 40.4 Å². The number of hydrogen-bond acceptors (Lipinski definition) is 6. The lowest BCUT2D eigenvalue weighted by Gasteiger charge is -2.24. The zero-order valence-electron chi connectivity index (χ0n) is 20.1. The molecule has 1 amide bonds. The Labute approximate surface area is 207 Å². The standard InChI is InChI=1S/C27H23N7O2/c1-32-14-17(12-29-32)5-4-16-6-8-19-23(15-36-24(19)10-16)33(2)27(35)18-7-9-22-20(11-18)25-21(26(28)31-22)13-30-34(25)3/h6-14,23H,15H2,1-3H3,(H2,28,31). The second-order valence-corrected chi connectivity index (χ2v) is 8.91. The number of aromatic nitrogens is 5. The summed E-state index contributed by atoms with van der Waals surface area (Å²) >= 11 is 0. The Morgan fingerprint density at radius 1 is 1.08 bits per heavy atom. The molecule has 0 spiro atoms. The maximum Gasteiger partial charge on any atom is 0.254 e. The summed E-state index contributed by atoms with van der Waals surface area (Å²) in [4.78, 5) is 19.7. The molecule has 0 saturated heterocycles. The molecule has 2 N–H and O–H groups in total. The van der Waals surface area contributed by atoms with E-state index in [-0.39, 0.29) is 11.9 Å². The number of amides is 1. The number of aryl methyl sites for hydroxylation is 2. The number of nitrogen functional groups attached to an aromatic ring is 1. The Morgan fingerprint density at radius 3 is 2.72 bits per heavy atom. The Hall–Kier alpha value is -4.84. The molecule has 0 radical (unpaired) electrons. The van der Waals surface area contributed by atoms with Crippen molar-refractivity contribution in [3.63, 3.8) is 0 Å². The Morgan fingerprint density at radius 2 is 1.92 bits per heavy atom. The number of rotatable bonds is 2. The summed E-state index contributed by atoms with van der Waals surface area (Å²) in [5.74, 6) is 7.32. The molecule has 2 aromatic carbocycles. The molecule has 9 nitrogen and oxygen atoms in total. The molecule has 36 heavy (non-hydrogen) atoms. The first-order valence-corrected chi connectivity index (χ1v) is 11.4. The highest BCUT2D eigenvalue weighted by Crippen LogP contribution is 2.37. The van der Waals surface area contributed by atoms with Gasteiger partial charge in [0, 0.05) is 49.4 Å². The van der Waals surface area contributed by atoms with Gasteiger partial charge < -0.3 is 15.4 Å². The van der Waals surface area contributed by atoms with Gasteiger partial charge in [-0.3, -0.25) is 14.2 Å². The minimum absolute atomic E-state index is 0.106. The van der Waals surface area contributed by atoms with Crippen molar-refractivity contribution in [2.24, 2.45) is 14.1 Å². The SMILES string of the molecule is CN(C(=O)c1ccc2nc(N)c3cnn(C)c3c2c1)C1COc2cc(C#Cc3cnn(C)c3)ccc21. The first-order chi connectivity index (χ1) is 17.4. The number of hydrogen-bond donors (Lipinski definition) is 1. The molecule has 6 rings (SSSR count). The number of ether oxygens (including phenoxy) is 1. The van der Waals surface area contributed by atoms with Crippen LogP contribution in [0.3, 0.4) is 0 Å². The van der Waals surface area contributed by atoms with Gasteiger partial charge in [0.15, 0.2) is 0 Å². The number of anilines is 1. The molecular formula is C27H23N7O2. The zero-order valence-corrected chi connectivity index (χ0v) is 20.1. The van der Waals surface area contributed by atoms with E-state index in [1.54, 1.807) is 39.8 Å². The highest BCUT2D eigenvalue weighted by Gasteiger charge is 2.31. The first kappa shape index (κ1) is 21.7. The van der Waals surface area contributed by atoms with Crippen LogP contribution in [0, 0.1) is 11.8 Å². The van der Waals surface area contributed by atoms with Crippen LogP contribution in [-0.4, -0.2) is 49.0 Å². The van der Waals surface area contributed by atoms with E-state index in [2.05, 4.69) is 27.0 Å². The highest BCUT2D eigenvalue weighted by atomic mass is 16.5. The second kappa shape index (κ2) is 8.13. The third kappa shape index (κ3) is 3.51. The molecule has 1 aliphatic heterocycles. The average molecular weight is 478 g/mol. The molecular weight excluding hydrogens is 454 g/mol. The summed E-state index contributed by atoms with van der Waals surface area (Å²) in [6, 6.07) is 11.1. The van der Waals surface area contributed by atoms with Crippen LogP contribution in [0.25, 0.3) is 21.8 Å². The summed E-state index contributed by atoms with van der Waals surface area (Å²) in [7, 11) is 5.51. The van der Waals surface area contributed by atoms with Gasteiger partial charge >= 0.3 is 0 Å². The summed E-state index contributed by atoms with van der Waals surface area (Å²) < 4.78 is 9.42. The van der Waals surface area contributed by atoms with E-state index in [0.29, 0.717) is 18.0 Å². The van der Waals surface area contributed by atoms with E-state index in [9.17, 15) is 4.79 Å². The normalized spacial score (nSPS) is 14.4. The van der Waals surface area contributed by atoms with Crippen molar-refractivity contribution in [2.75, 3.05) is 19.4 Å². The summed E-state index contributed by atoms with van der Waals surface area (Å²) in [5.41, 5.74) is 10.9. The molecule has 0 fully saturated rings. The lowest BCUT2D eigenvalue weighted by atomic mass is 10.0. The van der Waals surface area contributed by atoms with E-state index in [4.69, 9.17) is 10.5 Å². The van der Waals surface area contributed by atoms with E-state index >= 15 is 0 Å². The summed E-state index contributed by atoms with van der Waals surface area (Å²) in [6.45, 7) is 0.384. The van der Waals surface area contributed by atoms with Gasteiger partial charge in [0.1, 0.15) is 18.2 Å². The van der Waals surface area contributed by atoms with Gasteiger partial charge in [-0.1, -0.05) is 17.9 Å². The fourth-order valence-corrected chi connectivity index (χ4v) is 4.66. The van der Waals surface area contributed by atoms with Crippen molar-refractivity contribution in [1.29, 1.82) is 0 Å². The van der Waals surface area contributed by atoms with Gasteiger partial charge in [0.2, 0.25) is 0 Å². The monoisotopic (exact) mass is 477 g/mol. The molecule has 178 valence electrons. The van der Waals surface area contributed by atoms with Crippen LogP contribution in [0.4, 0.5) is 5.82 Å². The molecule has 1 aliphatic rings. The third-order valence-electron chi connectivity index (χ3n) is 6.57. The second-order valence-electron chi connectivity index (χ2n) is 8.91. The molecule has 9 heteroatoms. The number of likely N-dealkylation sites (N-methyl/N-ethyl adjacent to an activating group) is 1. The minimum Gasteiger partial charge on any atom is -0.491 e. The molecule has 3 aromatic heterocycles. The van der Waals surface area contributed by atoms with Crippen molar-refractivity contribution in [1.82, 2.24) is 29.4 Å². The predicted molar refractivity (Wildman–Crippen MR) is 136 cm³/mol. The summed E-state index contributed by atoms with van der Waals surface area (Å²) in [6.07, 6.45) is 5.29. The van der Waals surface area contributed by atoms with E-state index in [0.717, 1.165) is 44.2 Å². The third-order valence-corrected chi connectivity index (χ3v) is 6.57.